The predicted octanol–water partition coefficient (Wildman–Crippen LogP) is 2.72. The summed E-state index contributed by atoms with van der Waals surface area (Å²) in [6.45, 7) is 1.80. The SMILES string of the molecule is COC(=O)c1cc(Cl)cc(S)c1C. The number of hydrogen-bond acceptors (Lipinski definition) is 3. The largest absolute Gasteiger partial charge is 0.465 e. The number of hydrogen-bond donors (Lipinski definition) is 1. The lowest BCUT2D eigenvalue weighted by atomic mass is 10.1. The van der Waals surface area contributed by atoms with Crippen molar-refractivity contribution in [1.82, 2.24) is 0 Å². The van der Waals surface area contributed by atoms with Crippen LogP contribution in [0.5, 0.6) is 0 Å². The predicted molar refractivity (Wildman–Crippen MR) is 54.8 cm³/mol. The minimum atomic E-state index is -0.393. The van der Waals surface area contributed by atoms with Gasteiger partial charge < -0.3 is 4.74 Å². The van der Waals surface area contributed by atoms with Gasteiger partial charge in [0.25, 0.3) is 0 Å². The summed E-state index contributed by atoms with van der Waals surface area (Å²) in [7, 11) is 1.33. The summed E-state index contributed by atoms with van der Waals surface area (Å²) in [6.07, 6.45) is 0. The van der Waals surface area contributed by atoms with E-state index in [1.807, 2.05) is 0 Å². The molecule has 0 unspecified atom stereocenters. The van der Waals surface area contributed by atoms with Crippen molar-refractivity contribution in [2.24, 2.45) is 0 Å². The lowest BCUT2D eigenvalue weighted by Gasteiger charge is -2.06. The van der Waals surface area contributed by atoms with Gasteiger partial charge in [0.1, 0.15) is 0 Å². The summed E-state index contributed by atoms with van der Waals surface area (Å²) >= 11 is 9.94. The normalized spacial score (nSPS) is 9.85. The molecule has 1 aromatic rings. The van der Waals surface area contributed by atoms with Gasteiger partial charge in [-0.2, -0.15) is 0 Å². The van der Waals surface area contributed by atoms with Gasteiger partial charge in [-0.15, -0.1) is 12.6 Å². The van der Waals surface area contributed by atoms with Crippen LogP contribution in [0.1, 0.15) is 15.9 Å². The molecule has 0 N–H and O–H groups in total. The molecule has 0 bridgehead atoms. The number of esters is 1. The molecular formula is C9H9ClO2S. The Morgan fingerprint density at radius 1 is 1.54 bits per heavy atom. The van der Waals surface area contributed by atoms with Gasteiger partial charge in [0, 0.05) is 9.92 Å². The number of methoxy groups -OCH3 is 1. The molecule has 0 aliphatic heterocycles. The number of benzene rings is 1. The van der Waals surface area contributed by atoms with E-state index >= 15 is 0 Å². The average molecular weight is 217 g/mol. The summed E-state index contributed by atoms with van der Waals surface area (Å²) < 4.78 is 4.60. The fraction of sp³-hybridized carbons (Fsp3) is 0.222. The van der Waals surface area contributed by atoms with Gasteiger partial charge in [-0.3, -0.25) is 0 Å². The number of carbonyl (C=O) groups excluding carboxylic acids is 1. The topological polar surface area (TPSA) is 26.3 Å². The maximum absolute atomic E-state index is 11.2. The van der Waals surface area contributed by atoms with Crippen LogP contribution in [0.15, 0.2) is 17.0 Å². The van der Waals surface area contributed by atoms with Gasteiger partial charge in [0.05, 0.1) is 12.7 Å². The van der Waals surface area contributed by atoms with Crippen molar-refractivity contribution >= 4 is 30.2 Å². The first kappa shape index (κ1) is 10.4. The van der Waals surface area contributed by atoms with Gasteiger partial charge in [-0.05, 0) is 24.6 Å². The quantitative estimate of drug-likeness (QED) is 0.577. The van der Waals surface area contributed by atoms with Crippen molar-refractivity contribution < 1.29 is 9.53 Å². The highest BCUT2D eigenvalue weighted by Gasteiger charge is 2.11. The maximum atomic E-state index is 11.2. The third kappa shape index (κ3) is 2.17. The van der Waals surface area contributed by atoms with Crippen LogP contribution in [0.25, 0.3) is 0 Å². The molecule has 0 aliphatic carbocycles. The van der Waals surface area contributed by atoms with Crippen LogP contribution in [0, 0.1) is 6.92 Å². The molecule has 0 amide bonds. The Bertz CT molecular complexity index is 350. The van der Waals surface area contributed by atoms with Crippen molar-refractivity contribution in [3.63, 3.8) is 0 Å². The van der Waals surface area contributed by atoms with E-state index in [2.05, 4.69) is 17.4 Å². The smallest absolute Gasteiger partial charge is 0.338 e. The first-order valence-corrected chi connectivity index (χ1v) is 4.46. The second-order valence-corrected chi connectivity index (χ2v) is 3.51. The number of halogens is 1. The Balaban J connectivity index is 3.28. The molecule has 0 heterocycles. The Morgan fingerprint density at radius 3 is 2.69 bits per heavy atom. The van der Waals surface area contributed by atoms with E-state index < -0.39 is 5.97 Å². The third-order valence-electron chi connectivity index (χ3n) is 1.75. The molecule has 0 aromatic heterocycles. The van der Waals surface area contributed by atoms with Gasteiger partial charge in [-0.1, -0.05) is 11.6 Å². The number of thiol groups is 1. The molecule has 13 heavy (non-hydrogen) atoms. The first-order valence-electron chi connectivity index (χ1n) is 3.63. The third-order valence-corrected chi connectivity index (χ3v) is 2.43. The van der Waals surface area contributed by atoms with Crippen molar-refractivity contribution in [2.75, 3.05) is 7.11 Å². The lowest BCUT2D eigenvalue weighted by molar-refractivity contribution is 0.0599. The molecule has 2 nitrogen and oxygen atoms in total. The molecule has 0 radical (unpaired) electrons. The van der Waals surface area contributed by atoms with Crippen LogP contribution in [-0.2, 0) is 4.74 Å². The standard InChI is InChI=1S/C9H9ClO2S/c1-5-7(9(11)12-2)3-6(10)4-8(5)13/h3-4,13H,1-2H3. The average Bonchev–Trinajstić information content (AvgIpc) is 2.10. The fourth-order valence-electron chi connectivity index (χ4n) is 0.987. The second kappa shape index (κ2) is 4.03. The van der Waals surface area contributed by atoms with Crippen molar-refractivity contribution in [2.45, 2.75) is 11.8 Å². The summed E-state index contributed by atoms with van der Waals surface area (Å²) in [5.41, 5.74) is 1.24. The minimum Gasteiger partial charge on any atom is -0.465 e. The Labute approximate surface area is 87.3 Å². The number of ether oxygens (including phenoxy) is 1. The molecule has 0 fully saturated rings. The Kier molecular flexibility index (Phi) is 3.22. The van der Waals surface area contributed by atoms with Gasteiger partial charge >= 0.3 is 5.97 Å². The number of rotatable bonds is 1. The van der Waals surface area contributed by atoms with E-state index in [0.717, 1.165) is 5.56 Å². The van der Waals surface area contributed by atoms with Crippen molar-refractivity contribution in [1.29, 1.82) is 0 Å². The highest BCUT2D eigenvalue weighted by molar-refractivity contribution is 7.80. The molecule has 0 spiro atoms. The molecule has 70 valence electrons. The lowest BCUT2D eigenvalue weighted by Crippen LogP contribution is -2.04. The second-order valence-electron chi connectivity index (χ2n) is 2.59. The molecule has 0 aliphatic rings. The summed E-state index contributed by atoms with van der Waals surface area (Å²) in [5.74, 6) is -0.393. The van der Waals surface area contributed by atoms with Crippen LogP contribution >= 0.6 is 24.2 Å². The van der Waals surface area contributed by atoms with E-state index in [9.17, 15) is 4.79 Å². The fourth-order valence-corrected chi connectivity index (χ4v) is 1.54. The van der Waals surface area contributed by atoms with Crippen LogP contribution < -0.4 is 0 Å². The zero-order valence-electron chi connectivity index (χ0n) is 7.30. The van der Waals surface area contributed by atoms with Crippen LogP contribution in [0.2, 0.25) is 5.02 Å². The molecule has 0 saturated carbocycles. The van der Waals surface area contributed by atoms with E-state index in [1.165, 1.54) is 7.11 Å². The summed E-state index contributed by atoms with van der Waals surface area (Å²) in [5, 5.41) is 0.482. The molecule has 1 rings (SSSR count). The van der Waals surface area contributed by atoms with E-state index in [1.54, 1.807) is 19.1 Å². The number of carbonyl (C=O) groups is 1. The van der Waals surface area contributed by atoms with Gasteiger partial charge in [0.15, 0.2) is 0 Å². The minimum absolute atomic E-state index is 0.393. The van der Waals surface area contributed by atoms with Crippen LogP contribution in [-0.4, -0.2) is 13.1 Å². The van der Waals surface area contributed by atoms with E-state index in [-0.39, 0.29) is 0 Å². The van der Waals surface area contributed by atoms with Gasteiger partial charge in [-0.25, -0.2) is 4.79 Å². The maximum Gasteiger partial charge on any atom is 0.338 e. The zero-order chi connectivity index (χ0) is 10.0. The highest BCUT2D eigenvalue weighted by Crippen LogP contribution is 2.23. The van der Waals surface area contributed by atoms with E-state index in [4.69, 9.17) is 11.6 Å². The Morgan fingerprint density at radius 2 is 2.15 bits per heavy atom. The summed E-state index contributed by atoms with van der Waals surface area (Å²) in [6, 6.07) is 3.26. The molecule has 0 atom stereocenters. The van der Waals surface area contributed by atoms with Gasteiger partial charge in [0.2, 0.25) is 0 Å². The molecule has 1 aromatic carbocycles. The highest BCUT2D eigenvalue weighted by atomic mass is 35.5. The van der Waals surface area contributed by atoms with Crippen molar-refractivity contribution in [3.8, 4) is 0 Å². The molecule has 4 heteroatoms. The Hall–Kier alpha value is -0.670. The van der Waals surface area contributed by atoms with Crippen LogP contribution in [0.3, 0.4) is 0 Å². The van der Waals surface area contributed by atoms with Crippen molar-refractivity contribution in [3.05, 3.63) is 28.3 Å². The molecule has 0 saturated heterocycles. The monoisotopic (exact) mass is 216 g/mol. The van der Waals surface area contributed by atoms with E-state index in [0.29, 0.717) is 15.5 Å². The first-order chi connectivity index (χ1) is 6.06. The molecular weight excluding hydrogens is 208 g/mol. The summed E-state index contributed by atoms with van der Waals surface area (Å²) in [4.78, 5) is 11.9. The van der Waals surface area contributed by atoms with Crippen LogP contribution in [0.4, 0.5) is 0 Å². The zero-order valence-corrected chi connectivity index (χ0v) is 8.95.